The van der Waals surface area contributed by atoms with Crippen molar-refractivity contribution >= 4 is 0 Å². The molecule has 0 fully saturated rings. The van der Waals surface area contributed by atoms with E-state index in [2.05, 4.69) is 5.32 Å². The van der Waals surface area contributed by atoms with Crippen molar-refractivity contribution in [1.82, 2.24) is 10.2 Å². The molecule has 0 saturated carbocycles. The molecule has 2 unspecified atom stereocenters. The topological polar surface area (TPSA) is 15.3 Å². The van der Waals surface area contributed by atoms with Crippen LogP contribution in [-0.4, -0.2) is 37.8 Å². The van der Waals surface area contributed by atoms with Gasteiger partial charge < -0.3 is 4.90 Å². The summed E-state index contributed by atoms with van der Waals surface area (Å²) in [5.74, 6) is 0.117. The van der Waals surface area contributed by atoms with Crippen molar-refractivity contribution in [2.24, 2.45) is 5.92 Å². The molecule has 0 saturated heterocycles. The average Bonchev–Trinajstić information content (AvgIpc) is 2.33. The van der Waals surface area contributed by atoms with Gasteiger partial charge in [0.25, 0.3) is 0 Å². The van der Waals surface area contributed by atoms with Gasteiger partial charge in [-0.1, -0.05) is 44.2 Å². The third kappa shape index (κ3) is 5.13. The molecule has 0 aliphatic rings. The van der Waals surface area contributed by atoms with Crippen LogP contribution in [0.5, 0.6) is 0 Å². The normalized spacial score (nSPS) is 15.7. The van der Waals surface area contributed by atoms with Crippen molar-refractivity contribution in [3.05, 3.63) is 35.9 Å². The molecule has 0 radical (unpaired) electrons. The summed E-state index contributed by atoms with van der Waals surface area (Å²) in [5.41, 5.74) is 0.254. The number of nitrogens with zero attached hydrogens (tertiary/aromatic N) is 1. The highest BCUT2D eigenvalue weighted by Gasteiger charge is 2.42. The summed E-state index contributed by atoms with van der Waals surface area (Å²) in [6.45, 7) is 4.43. The summed E-state index contributed by atoms with van der Waals surface area (Å²) < 4.78 is 39.9. The first-order valence-corrected chi connectivity index (χ1v) is 6.74. The number of alkyl halides is 3. The molecule has 1 aromatic carbocycles. The fourth-order valence-electron chi connectivity index (χ4n) is 2.09. The molecular formula is C15H23F3N2. The van der Waals surface area contributed by atoms with Gasteiger partial charge in [0.15, 0.2) is 0 Å². The molecule has 5 heteroatoms. The lowest BCUT2D eigenvalue weighted by molar-refractivity contribution is -0.160. The van der Waals surface area contributed by atoms with Crippen LogP contribution in [0.2, 0.25) is 0 Å². The van der Waals surface area contributed by atoms with Gasteiger partial charge in [0.2, 0.25) is 0 Å². The van der Waals surface area contributed by atoms with Gasteiger partial charge in [-0.2, -0.15) is 13.2 Å². The van der Waals surface area contributed by atoms with Crippen LogP contribution >= 0.6 is 0 Å². The number of benzene rings is 1. The van der Waals surface area contributed by atoms with Gasteiger partial charge >= 0.3 is 6.18 Å². The van der Waals surface area contributed by atoms with Crippen molar-refractivity contribution in [2.75, 3.05) is 20.6 Å². The highest BCUT2D eigenvalue weighted by Crippen LogP contribution is 2.33. The predicted molar refractivity (Wildman–Crippen MR) is 75.6 cm³/mol. The van der Waals surface area contributed by atoms with Crippen molar-refractivity contribution in [2.45, 2.75) is 32.1 Å². The van der Waals surface area contributed by atoms with E-state index in [9.17, 15) is 13.2 Å². The van der Waals surface area contributed by atoms with E-state index in [4.69, 9.17) is 0 Å². The van der Waals surface area contributed by atoms with Crippen molar-refractivity contribution in [1.29, 1.82) is 0 Å². The zero-order valence-electron chi connectivity index (χ0n) is 12.4. The lowest BCUT2D eigenvalue weighted by atomic mass is 9.99. The molecule has 2 atom stereocenters. The van der Waals surface area contributed by atoms with Crippen LogP contribution in [0.3, 0.4) is 0 Å². The Morgan fingerprint density at radius 2 is 1.65 bits per heavy atom. The molecule has 1 N–H and O–H groups in total. The van der Waals surface area contributed by atoms with Crippen LogP contribution in [0.15, 0.2) is 30.3 Å². The van der Waals surface area contributed by atoms with E-state index < -0.39 is 12.2 Å². The van der Waals surface area contributed by atoms with Crippen molar-refractivity contribution in [3.63, 3.8) is 0 Å². The molecule has 0 aromatic heterocycles. The SMILES string of the molecule is CC(C)C(CN(C)C)NC(c1ccccc1)C(F)(F)F. The van der Waals surface area contributed by atoms with Gasteiger partial charge in [-0.05, 0) is 25.6 Å². The maximum absolute atomic E-state index is 13.3. The zero-order chi connectivity index (χ0) is 15.3. The smallest absolute Gasteiger partial charge is 0.308 e. The minimum Gasteiger partial charge on any atom is -0.308 e. The van der Waals surface area contributed by atoms with Crippen LogP contribution in [0.25, 0.3) is 0 Å². The molecule has 1 aromatic rings. The minimum absolute atomic E-state index is 0.117. The molecule has 1 rings (SSSR count). The third-order valence-corrected chi connectivity index (χ3v) is 3.21. The molecule has 0 bridgehead atoms. The maximum atomic E-state index is 13.3. The fraction of sp³-hybridized carbons (Fsp3) is 0.600. The average molecular weight is 288 g/mol. The monoisotopic (exact) mass is 288 g/mol. The Kier molecular flexibility index (Phi) is 6.02. The van der Waals surface area contributed by atoms with E-state index in [1.165, 1.54) is 12.1 Å². The number of rotatable bonds is 6. The molecular weight excluding hydrogens is 265 g/mol. The lowest BCUT2D eigenvalue weighted by Gasteiger charge is -2.31. The van der Waals surface area contributed by atoms with Crippen LogP contribution in [0.1, 0.15) is 25.5 Å². The van der Waals surface area contributed by atoms with Crippen molar-refractivity contribution in [3.8, 4) is 0 Å². The van der Waals surface area contributed by atoms with E-state index in [1.807, 2.05) is 32.8 Å². The highest BCUT2D eigenvalue weighted by molar-refractivity contribution is 5.20. The van der Waals surface area contributed by atoms with E-state index in [0.29, 0.717) is 6.54 Å². The zero-order valence-corrected chi connectivity index (χ0v) is 12.4. The van der Waals surface area contributed by atoms with Gasteiger partial charge in [0.1, 0.15) is 6.04 Å². The maximum Gasteiger partial charge on any atom is 0.407 e. The third-order valence-electron chi connectivity index (χ3n) is 3.21. The highest BCUT2D eigenvalue weighted by atomic mass is 19.4. The molecule has 0 amide bonds. The Morgan fingerprint density at radius 3 is 2.05 bits per heavy atom. The second-order valence-corrected chi connectivity index (χ2v) is 5.66. The molecule has 20 heavy (non-hydrogen) atoms. The van der Waals surface area contributed by atoms with Crippen LogP contribution in [0.4, 0.5) is 13.2 Å². The first-order chi connectivity index (χ1) is 9.21. The predicted octanol–water partition coefficient (Wildman–Crippen LogP) is 3.47. The van der Waals surface area contributed by atoms with Gasteiger partial charge in [-0.25, -0.2) is 0 Å². The Balaban J connectivity index is 2.95. The van der Waals surface area contributed by atoms with E-state index in [-0.39, 0.29) is 17.5 Å². The molecule has 0 aliphatic carbocycles. The van der Waals surface area contributed by atoms with Crippen LogP contribution in [0, 0.1) is 5.92 Å². The summed E-state index contributed by atoms with van der Waals surface area (Å²) in [6, 6.07) is 6.15. The van der Waals surface area contributed by atoms with Crippen LogP contribution in [-0.2, 0) is 0 Å². The Bertz CT molecular complexity index is 388. The second-order valence-electron chi connectivity index (χ2n) is 5.66. The number of hydrogen-bond donors (Lipinski definition) is 1. The van der Waals surface area contributed by atoms with E-state index >= 15 is 0 Å². The molecule has 0 spiro atoms. The van der Waals surface area contributed by atoms with E-state index in [1.54, 1.807) is 18.2 Å². The Hall–Kier alpha value is -1.07. The Morgan fingerprint density at radius 1 is 1.10 bits per heavy atom. The largest absolute Gasteiger partial charge is 0.407 e. The lowest BCUT2D eigenvalue weighted by Crippen LogP contribution is -2.47. The summed E-state index contributed by atoms with van der Waals surface area (Å²) in [4.78, 5) is 1.90. The van der Waals surface area contributed by atoms with Gasteiger partial charge in [-0.3, -0.25) is 5.32 Å². The Labute approximate surface area is 119 Å². The molecule has 114 valence electrons. The standard InChI is InChI=1S/C15H23F3N2/c1-11(2)13(10-20(3)4)19-14(15(16,17)18)12-8-6-5-7-9-12/h5-9,11,13-14,19H,10H2,1-4H3. The van der Waals surface area contributed by atoms with E-state index in [0.717, 1.165) is 0 Å². The van der Waals surface area contributed by atoms with Gasteiger partial charge in [0.05, 0.1) is 0 Å². The summed E-state index contributed by atoms with van der Waals surface area (Å²) in [6.07, 6.45) is -4.30. The number of hydrogen-bond acceptors (Lipinski definition) is 2. The van der Waals surface area contributed by atoms with Gasteiger partial charge in [0, 0.05) is 12.6 Å². The minimum atomic E-state index is -4.30. The quantitative estimate of drug-likeness (QED) is 0.862. The number of halogens is 3. The number of likely N-dealkylation sites (N-methyl/N-ethyl adjacent to an activating group) is 1. The summed E-state index contributed by atoms with van der Waals surface area (Å²) in [5, 5.41) is 2.77. The van der Waals surface area contributed by atoms with Crippen LogP contribution < -0.4 is 5.32 Å². The molecule has 0 aliphatic heterocycles. The fourth-order valence-corrected chi connectivity index (χ4v) is 2.09. The summed E-state index contributed by atoms with van der Waals surface area (Å²) >= 11 is 0. The first kappa shape index (κ1) is 17.0. The van der Waals surface area contributed by atoms with Crippen molar-refractivity contribution < 1.29 is 13.2 Å². The molecule has 2 nitrogen and oxygen atoms in total. The number of nitrogens with one attached hydrogen (secondary N) is 1. The van der Waals surface area contributed by atoms with Gasteiger partial charge in [-0.15, -0.1) is 0 Å². The summed E-state index contributed by atoms with van der Waals surface area (Å²) in [7, 11) is 3.73. The second kappa shape index (κ2) is 7.09. The molecule has 0 heterocycles. The first-order valence-electron chi connectivity index (χ1n) is 6.74.